The topological polar surface area (TPSA) is 0 Å². The molecular weight excluding hydrogens is 504 g/mol. The number of hydrogen-bond acceptors (Lipinski definition) is 0. The first-order valence-electron chi connectivity index (χ1n) is 18.4. The molecule has 0 aromatic heterocycles. The van der Waals surface area contributed by atoms with Gasteiger partial charge < -0.3 is 0 Å². The zero-order valence-corrected chi connectivity index (χ0v) is 32.2. The van der Waals surface area contributed by atoms with Crippen LogP contribution in [0, 0.1) is 74.4 Å². The second-order valence-electron chi connectivity index (χ2n) is 19.6. The van der Waals surface area contributed by atoms with Crippen LogP contribution in [0.5, 0.6) is 0 Å². The summed E-state index contributed by atoms with van der Waals surface area (Å²) < 4.78 is 0. The van der Waals surface area contributed by atoms with Crippen LogP contribution in [0.25, 0.3) is 0 Å². The molecule has 0 saturated heterocycles. The normalized spacial score (nSPS) is 34.4. The van der Waals surface area contributed by atoms with E-state index in [2.05, 4.69) is 137 Å². The van der Waals surface area contributed by atoms with Crippen molar-refractivity contribution in [3.8, 4) is 0 Å². The highest BCUT2D eigenvalue weighted by Crippen LogP contribution is 2.71. The summed E-state index contributed by atoms with van der Waals surface area (Å²) in [6.07, 6.45) is 14.7. The van der Waals surface area contributed by atoms with Crippen molar-refractivity contribution in [3.05, 3.63) is 23.3 Å². The van der Waals surface area contributed by atoms with Crippen molar-refractivity contribution in [2.45, 2.75) is 170 Å². The summed E-state index contributed by atoms with van der Waals surface area (Å²) in [5, 5.41) is 0. The van der Waals surface area contributed by atoms with E-state index in [0.717, 1.165) is 23.7 Å². The number of fused-ring (bicyclic) bond motifs is 1. The quantitative estimate of drug-likeness (QED) is 0.250. The molecule has 2 aliphatic rings. The number of allylic oxidation sites excluding steroid dienone is 4. The second-order valence-corrected chi connectivity index (χ2v) is 19.6. The van der Waals surface area contributed by atoms with E-state index < -0.39 is 0 Å². The molecule has 7 unspecified atom stereocenters. The summed E-state index contributed by atoms with van der Waals surface area (Å²) in [7, 11) is 0. The van der Waals surface area contributed by atoms with Gasteiger partial charge in [0.2, 0.25) is 0 Å². The lowest BCUT2D eigenvalue weighted by atomic mass is 9.35. The zero-order chi connectivity index (χ0) is 32.6. The molecule has 7 atom stereocenters. The van der Waals surface area contributed by atoms with Gasteiger partial charge in [-0.1, -0.05) is 167 Å². The van der Waals surface area contributed by atoms with E-state index >= 15 is 0 Å². The van der Waals surface area contributed by atoms with Gasteiger partial charge in [0, 0.05) is 0 Å². The highest BCUT2D eigenvalue weighted by molar-refractivity contribution is 5.31. The minimum absolute atomic E-state index is 0.169. The maximum Gasteiger partial charge on any atom is -0.0108 e. The van der Waals surface area contributed by atoms with Crippen LogP contribution in [0.1, 0.15) is 170 Å². The first-order valence-corrected chi connectivity index (χ1v) is 18.4. The SMILES string of the molecule is CCCC1CC(C)C(=CC(C)(C)C)C(C)(C)C2C(C(C)(C)C)C(CCC(C)C)C2C(C)(C)C(=CC(C)(C)CC)C1CC. The van der Waals surface area contributed by atoms with Crippen molar-refractivity contribution in [3.63, 3.8) is 0 Å². The third-order valence-corrected chi connectivity index (χ3v) is 12.2. The molecule has 0 bridgehead atoms. The lowest BCUT2D eigenvalue weighted by Gasteiger charge is -2.69. The van der Waals surface area contributed by atoms with E-state index in [1.807, 2.05) is 5.57 Å². The molecule has 2 rings (SSSR count). The zero-order valence-electron chi connectivity index (χ0n) is 32.2. The smallest absolute Gasteiger partial charge is 0.0108 e. The summed E-state index contributed by atoms with van der Waals surface area (Å²) in [4.78, 5) is 0. The molecule has 246 valence electrons. The Bertz CT molecular complexity index is 920. The maximum absolute atomic E-state index is 2.83. The van der Waals surface area contributed by atoms with Crippen LogP contribution in [0.4, 0.5) is 0 Å². The summed E-state index contributed by atoms with van der Waals surface area (Å²) in [6, 6.07) is 0. The average Bonchev–Trinajstić information content (AvgIpc) is 2.79. The van der Waals surface area contributed by atoms with Gasteiger partial charge in [-0.25, -0.2) is 0 Å². The average molecular weight is 583 g/mol. The molecule has 0 aromatic carbocycles. The minimum Gasteiger partial charge on any atom is -0.0791 e. The van der Waals surface area contributed by atoms with Crippen LogP contribution >= 0.6 is 0 Å². The van der Waals surface area contributed by atoms with Crippen molar-refractivity contribution < 1.29 is 0 Å². The molecule has 0 amide bonds. The molecule has 2 fully saturated rings. The molecule has 2 aliphatic carbocycles. The Kier molecular flexibility index (Phi) is 12.1. The van der Waals surface area contributed by atoms with Crippen molar-refractivity contribution >= 4 is 0 Å². The Balaban J connectivity index is 3.04. The molecule has 0 N–H and O–H groups in total. The number of hydrogen-bond donors (Lipinski definition) is 0. The van der Waals surface area contributed by atoms with E-state index in [0.29, 0.717) is 29.1 Å². The van der Waals surface area contributed by atoms with Gasteiger partial charge in [-0.2, -0.15) is 0 Å². The molecule has 0 heteroatoms. The van der Waals surface area contributed by atoms with Gasteiger partial charge >= 0.3 is 0 Å². The van der Waals surface area contributed by atoms with Crippen molar-refractivity contribution in [1.82, 2.24) is 0 Å². The monoisotopic (exact) mass is 583 g/mol. The van der Waals surface area contributed by atoms with Crippen LogP contribution in [0.3, 0.4) is 0 Å². The molecule has 0 aliphatic heterocycles. The van der Waals surface area contributed by atoms with Gasteiger partial charge in [-0.15, -0.1) is 0 Å². The highest BCUT2D eigenvalue weighted by atomic mass is 14.7. The van der Waals surface area contributed by atoms with Crippen molar-refractivity contribution in [2.75, 3.05) is 0 Å². The van der Waals surface area contributed by atoms with Gasteiger partial charge in [-0.3, -0.25) is 0 Å². The largest absolute Gasteiger partial charge is 0.0791 e. The van der Waals surface area contributed by atoms with Gasteiger partial charge in [0.05, 0.1) is 0 Å². The molecule has 0 heterocycles. The predicted octanol–water partition coefficient (Wildman–Crippen LogP) is 13.8. The molecular formula is C42H78. The summed E-state index contributed by atoms with van der Waals surface area (Å²) >= 11 is 0. The van der Waals surface area contributed by atoms with Crippen LogP contribution in [-0.4, -0.2) is 0 Å². The van der Waals surface area contributed by atoms with Crippen LogP contribution in [-0.2, 0) is 0 Å². The van der Waals surface area contributed by atoms with Crippen LogP contribution < -0.4 is 0 Å². The van der Waals surface area contributed by atoms with Crippen molar-refractivity contribution in [1.29, 1.82) is 0 Å². The van der Waals surface area contributed by atoms with Crippen LogP contribution in [0.2, 0.25) is 0 Å². The fourth-order valence-electron chi connectivity index (χ4n) is 10.1. The molecule has 42 heavy (non-hydrogen) atoms. The van der Waals surface area contributed by atoms with E-state index in [4.69, 9.17) is 0 Å². The molecule has 0 radical (unpaired) electrons. The lowest BCUT2D eigenvalue weighted by Crippen LogP contribution is -2.63. The third kappa shape index (κ3) is 8.19. The standard InChI is InChI=1S/C42H78/c1-19-22-30-25-29(6)33(26-38(7,8)9)41(15,16)37-35(39(10,11)12)32(24-23-28(4)5)36(37)42(17,18)34(31(30)20-2)27-40(13,14)21-3/h26-32,35-37H,19-25H2,1-18H3. The van der Waals surface area contributed by atoms with Gasteiger partial charge in [0.1, 0.15) is 0 Å². The Morgan fingerprint density at radius 3 is 1.76 bits per heavy atom. The highest BCUT2D eigenvalue weighted by Gasteiger charge is 2.64. The van der Waals surface area contributed by atoms with Crippen LogP contribution in [0.15, 0.2) is 23.3 Å². The third-order valence-electron chi connectivity index (χ3n) is 12.2. The first-order chi connectivity index (χ1) is 19.0. The fourth-order valence-corrected chi connectivity index (χ4v) is 10.1. The van der Waals surface area contributed by atoms with Crippen molar-refractivity contribution in [2.24, 2.45) is 74.4 Å². The van der Waals surface area contributed by atoms with E-state index in [-0.39, 0.29) is 21.7 Å². The second kappa shape index (κ2) is 13.5. The Labute approximate surface area is 266 Å². The fraction of sp³-hybridized carbons (Fsp3) is 0.905. The summed E-state index contributed by atoms with van der Waals surface area (Å²) in [5.41, 5.74) is 4.68. The van der Waals surface area contributed by atoms with Gasteiger partial charge in [0.15, 0.2) is 0 Å². The maximum atomic E-state index is 2.83. The Morgan fingerprint density at radius 1 is 0.786 bits per heavy atom. The molecule has 2 saturated carbocycles. The molecule has 0 spiro atoms. The lowest BCUT2D eigenvalue weighted by molar-refractivity contribution is -0.178. The summed E-state index contributed by atoms with van der Waals surface area (Å²) in [5.74, 6) is 5.73. The Morgan fingerprint density at radius 2 is 1.33 bits per heavy atom. The predicted molar refractivity (Wildman–Crippen MR) is 191 cm³/mol. The van der Waals surface area contributed by atoms with E-state index in [9.17, 15) is 0 Å². The minimum atomic E-state index is 0.169. The van der Waals surface area contributed by atoms with E-state index in [1.54, 1.807) is 5.57 Å². The van der Waals surface area contributed by atoms with Gasteiger partial charge in [0.25, 0.3) is 0 Å². The number of rotatable bonds is 8. The van der Waals surface area contributed by atoms with E-state index in [1.165, 1.54) is 44.9 Å². The van der Waals surface area contributed by atoms with Gasteiger partial charge in [-0.05, 0) is 100 Å². The first kappa shape index (κ1) is 37.7. The molecule has 0 nitrogen and oxygen atoms in total. The Hall–Kier alpha value is -0.520. The molecule has 0 aromatic rings. The summed E-state index contributed by atoms with van der Waals surface area (Å²) in [6.45, 7) is 45.6.